The van der Waals surface area contributed by atoms with Crippen LogP contribution >= 0.6 is 23.4 Å². The van der Waals surface area contributed by atoms with E-state index in [-0.39, 0.29) is 10.8 Å². The van der Waals surface area contributed by atoms with E-state index < -0.39 is 0 Å². The molecule has 1 aromatic carbocycles. The Hall–Kier alpha value is -0.250. The van der Waals surface area contributed by atoms with Crippen molar-refractivity contribution in [3.05, 3.63) is 34.1 Å². The monoisotopic (exact) mass is 245 g/mol. The van der Waals surface area contributed by atoms with Crippen molar-refractivity contribution in [2.75, 3.05) is 12.3 Å². The second kappa shape index (κ2) is 4.73. The van der Waals surface area contributed by atoms with Crippen LogP contribution in [0.15, 0.2) is 12.1 Å². The fourth-order valence-electron chi connectivity index (χ4n) is 1.84. The Kier molecular flexibility index (Phi) is 3.54. The predicted molar refractivity (Wildman–Crippen MR) is 64.0 cm³/mol. The van der Waals surface area contributed by atoms with Crippen LogP contribution in [0.3, 0.4) is 0 Å². The molecule has 1 heterocycles. The van der Waals surface area contributed by atoms with Gasteiger partial charge in [-0.1, -0.05) is 18.5 Å². The molecule has 1 nitrogen and oxygen atoms in total. The number of halogens is 2. The Labute approximate surface area is 98.4 Å². The van der Waals surface area contributed by atoms with Crippen LogP contribution in [0.4, 0.5) is 4.39 Å². The van der Waals surface area contributed by atoms with Crippen LogP contribution in [0.5, 0.6) is 0 Å². The molecule has 82 valence electrons. The van der Waals surface area contributed by atoms with Gasteiger partial charge in [-0.05, 0) is 29.8 Å². The van der Waals surface area contributed by atoms with E-state index in [1.165, 1.54) is 0 Å². The van der Waals surface area contributed by atoms with Gasteiger partial charge in [-0.25, -0.2) is 4.39 Å². The molecular formula is C11H13ClFNS. The van der Waals surface area contributed by atoms with Crippen molar-refractivity contribution in [3.63, 3.8) is 0 Å². The number of hydrogen-bond donors (Lipinski definition) is 1. The molecular weight excluding hydrogens is 233 g/mol. The Morgan fingerprint density at radius 3 is 3.13 bits per heavy atom. The third kappa shape index (κ3) is 2.30. The van der Waals surface area contributed by atoms with Gasteiger partial charge in [0.1, 0.15) is 5.82 Å². The van der Waals surface area contributed by atoms with Crippen molar-refractivity contribution in [2.24, 2.45) is 0 Å². The van der Waals surface area contributed by atoms with E-state index in [2.05, 4.69) is 12.2 Å². The van der Waals surface area contributed by atoms with Crippen LogP contribution in [-0.2, 0) is 5.75 Å². The molecule has 1 unspecified atom stereocenters. The Morgan fingerprint density at radius 2 is 2.40 bits per heavy atom. The van der Waals surface area contributed by atoms with E-state index in [4.69, 9.17) is 11.6 Å². The van der Waals surface area contributed by atoms with E-state index in [1.54, 1.807) is 12.1 Å². The summed E-state index contributed by atoms with van der Waals surface area (Å²) < 4.78 is 13.3. The van der Waals surface area contributed by atoms with Crippen LogP contribution in [0.2, 0.25) is 5.02 Å². The van der Waals surface area contributed by atoms with Crippen LogP contribution < -0.4 is 5.32 Å². The highest BCUT2D eigenvalue weighted by Gasteiger charge is 2.21. The highest BCUT2D eigenvalue weighted by atomic mass is 35.5. The van der Waals surface area contributed by atoms with Crippen LogP contribution in [-0.4, -0.2) is 12.3 Å². The summed E-state index contributed by atoms with van der Waals surface area (Å²) in [6.07, 6.45) is 0. The molecule has 15 heavy (non-hydrogen) atoms. The summed E-state index contributed by atoms with van der Waals surface area (Å²) >= 11 is 7.63. The van der Waals surface area contributed by atoms with Crippen molar-refractivity contribution in [1.29, 1.82) is 0 Å². The van der Waals surface area contributed by atoms with Crippen molar-refractivity contribution < 1.29 is 4.39 Å². The second-order valence-electron chi connectivity index (χ2n) is 3.59. The van der Waals surface area contributed by atoms with Gasteiger partial charge >= 0.3 is 0 Å². The van der Waals surface area contributed by atoms with Gasteiger partial charge in [-0.2, -0.15) is 11.8 Å². The molecule has 1 aliphatic heterocycles. The summed E-state index contributed by atoms with van der Waals surface area (Å²) in [6.45, 7) is 2.99. The number of nitrogens with one attached hydrogen (secondary N) is 1. The van der Waals surface area contributed by atoms with Gasteiger partial charge in [0.15, 0.2) is 0 Å². The lowest BCUT2D eigenvalue weighted by Crippen LogP contribution is -2.26. The van der Waals surface area contributed by atoms with E-state index >= 15 is 0 Å². The van der Waals surface area contributed by atoms with E-state index in [1.807, 2.05) is 11.8 Å². The smallest absolute Gasteiger partial charge is 0.142 e. The molecule has 0 aliphatic carbocycles. The first-order valence-electron chi connectivity index (χ1n) is 5.01. The highest BCUT2D eigenvalue weighted by molar-refractivity contribution is 7.98. The number of thioether (sulfide) groups is 1. The standard InChI is InChI=1S/C11H13ClFNS/c1-2-14-11-6-15-5-7-3-10(13)9(12)4-8(7)11/h3-4,11,14H,2,5-6H2,1H3. The van der Waals surface area contributed by atoms with Gasteiger partial charge < -0.3 is 5.32 Å². The fraction of sp³-hybridized carbons (Fsp3) is 0.455. The molecule has 0 saturated heterocycles. The Balaban J connectivity index is 2.38. The van der Waals surface area contributed by atoms with Crippen LogP contribution in [0, 0.1) is 5.82 Å². The number of rotatable bonds is 2. The SMILES string of the molecule is CCNC1CSCc2cc(F)c(Cl)cc21. The summed E-state index contributed by atoms with van der Waals surface area (Å²) in [5, 5.41) is 3.61. The zero-order valence-electron chi connectivity index (χ0n) is 8.52. The minimum Gasteiger partial charge on any atom is -0.309 e. The number of benzene rings is 1. The molecule has 0 saturated carbocycles. The summed E-state index contributed by atoms with van der Waals surface area (Å²) in [5.74, 6) is 1.60. The minimum absolute atomic E-state index is 0.226. The lowest BCUT2D eigenvalue weighted by molar-refractivity contribution is 0.589. The van der Waals surface area contributed by atoms with Crippen molar-refractivity contribution in [2.45, 2.75) is 18.7 Å². The predicted octanol–water partition coefficient (Wildman–Crippen LogP) is 3.38. The summed E-state index contributed by atoms with van der Waals surface area (Å²) in [7, 11) is 0. The van der Waals surface area contributed by atoms with E-state index in [0.717, 1.165) is 29.2 Å². The highest BCUT2D eigenvalue weighted by Crippen LogP contribution is 2.34. The largest absolute Gasteiger partial charge is 0.309 e. The van der Waals surface area contributed by atoms with Gasteiger partial charge in [0.25, 0.3) is 0 Å². The number of hydrogen-bond acceptors (Lipinski definition) is 2. The molecule has 0 bridgehead atoms. The zero-order valence-corrected chi connectivity index (χ0v) is 10.1. The van der Waals surface area contributed by atoms with Crippen LogP contribution in [0.25, 0.3) is 0 Å². The van der Waals surface area contributed by atoms with E-state index in [9.17, 15) is 4.39 Å². The molecule has 4 heteroatoms. The first-order chi connectivity index (χ1) is 7.22. The van der Waals surface area contributed by atoms with Crippen molar-refractivity contribution in [1.82, 2.24) is 5.32 Å². The molecule has 0 radical (unpaired) electrons. The maximum atomic E-state index is 13.3. The molecule has 0 aromatic heterocycles. The maximum Gasteiger partial charge on any atom is 0.142 e. The Morgan fingerprint density at radius 1 is 1.60 bits per heavy atom. The topological polar surface area (TPSA) is 12.0 Å². The molecule has 1 N–H and O–H groups in total. The minimum atomic E-state index is -0.312. The molecule has 0 fully saturated rings. The fourth-order valence-corrected chi connectivity index (χ4v) is 3.14. The summed E-state index contributed by atoms with van der Waals surface area (Å²) in [6, 6.07) is 3.63. The summed E-state index contributed by atoms with van der Waals surface area (Å²) in [4.78, 5) is 0. The molecule has 1 aliphatic rings. The molecule has 0 spiro atoms. The Bertz CT molecular complexity index is 370. The van der Waals surface area contributed by atoms with Crippen LogP contribution in [0.1, 0.15) is 24.1 Å². The average Bonchev–Trinajstić information content (AvgIpc) is 2.21. The normalized spacial score (nSPS) is 20.1. The third-order valence-corrected chi connectivity index (χ3v) is 3.92. The second-order valence-corrected chi connectivity index (χ2v) is 5.03. The maximum absolute atomic E-state index is 13.3. The first-order valence-corrected chi connectivity index (χ1v) is 6.54. The molecule has 1 aromatic rings. The van der Waals surface area contributed by atoms with E-state index in [0.29, 0.717) is 6.04 Å². The van der Waals surface area contributed by atoms with Gasteiger partial charge in [0, 0.05) is 17.5 Å². The number of fused-ring (bicyclic) bond motifs is 1. The first kappa shape index (κ1) is 11.2. The molecule has 1 atom stereocenters. The third-order valence-electron chi connectivity index (χ3n) is 2.55. The molecule has 0 amide bonds. The van der Waals surface area contributed by atoms with Gasteiger partial charge in [0.2, 0.25) is 0 Å². The van der Waals surface area contributed by atoms with Gasteiger partial charge in [0.05, 0.1) is 5.02 Å². The van der Waals surface area contributed by atoms with Gasteiger partial charge in [-0.15, -0.1) is 0 Å². The summed E-state index contributed by atoms with van der Waals surface area (Å²) in [5.41, 5.74) is 2.22. The average molecular weight is 246 g/mol. The van der Waals surface area contributed by atoms with Crippen molar-refractivity contribution >= 4 is 23.4 Å². The lowest BCUT2D eigenvalue weighted by atomic mass is 10.0. The van der Waals surface area contributed by atoms with Gasteiger partial charge in [-0.3, -0.25) is 0 Å². The molecule has 2 rings (SSSR count). The zero-order chi connectivity index (χ0) is 10.8. The quantitative estimate of drug-likeness (QED) is 0.858. The van der Waals surface area contributed by atoms with Crippen molar-refractivity contribution in [3.8, 4) is 0 Å². The lowest BCUT2D eigenvalue weighted by Gasteiger charge is -2.26.